The van der Waals surface area contributed by atoms with Crippen LogP contribution in [-0.4, -0.2) is 10.6 Å². The molecule has 0 aliphatic heterocycles. The van der Waals surface area contributed by atoms with Crippen LogP contribution in [0.4, 0.5) is 29.3 Å². The predicted molar refractivity (Wildman–Crippen MR) is 89.9 cm³/mol. The average Bonchev–Trinajstić information content (AvgIpc) is 3.09. The van der Waals surface area contributed by atoms with Gasteiger partial charge < -0.3 is 15.2 Å². The summed E-state index contributed by atoms with van der Waals surface area (Å²) in [6, 6.07) is 14.7. The molecule has 7 heteroatoms. The highest BCUT2D eigenvalue weighted by Gasteiger charge is 2.29. The maximum absolute atomic E-state index is 12.5. The number of amides is 2. The Morgan fingerprint density at radius 2 is 1.28 bits per heavy atom. The largest absolute Gasteiger partial charge is 0.416 e. The van der Waals surface area contributed by atoms with E-state index in [1.807, 2.05) is 41.2 Å². The van der Waals surface area contributed by atoms with Crippen LogP contribution in [0.3, 0.4) is 0 Å². The van der Waals surface area contributed by atoms with Gasteiger partial charge in [-0.15, -0.1) is 0 Å². The smallest absolute Gasteiger partial charge is 0.324 e. The van der Waals surface area contributed by atoms with E-state index < -0.39 is 17.8 Å². The maximum atomic E-state index is 12.5. The number of carbonyl (C=O) groups excluding carboxylic acids is 1. The number of nitrogens with one attached hydrogen (secondary N) is 2. The highest BCUT2D eigenvalue weighted by atomic mass is 19.4. The Labute approximate surface area is 141 Å². The van der Waals surface area contributed by atoms with Crippen molar-refractivity contribution in [2.24, 2.45) is 0 Å². The van der Waals surface area contributed by atoms with Crippen molar-refractivity contribution in [3.63, 3.8) is 0 Å². The molecule has 0 unspecified atom stereocenters. The van der Waals surface area contributed by atoms with Gasteiger partial charge in [0.05, 0.1) is 5.56 Å². The Balaban J connectivity index is 1.61. The van der Waals surface area contributed by atoms with E-state index in [9.17, 15) is 18.0 Å². The zero-order chi connectivity index (χ0) is 17.9. The molecule has 2 aromatic carbocycles. The lowest BCUT2D eigenvalue weighted by atomic mass is 10.2. The fourth-order valence-electron chi connectivity index (χ4n) is 2.26. The number of hydrogen-bond donors (Lipinski definition) is 2. The molecule has 2 amide bonds. The molecule has 3 aromatic rings. The minimum Gasteiger partial charge on any atom is -0.324 e. The molecular weight excluding hydrogens is 331 g/mol. The molecule has 1 aromatic heterocycles. The van der Waals surface area contributed by atoms with Crippen LogP contribution >= 0.6 is 0 Å². The quantitative estimate of drug-likeness (QED) is 0.678. The molecule has 0 bridgehead atoms. The van der Waals surface area contributed by atoms with E-state index in [4.69, 9.17) is 0 Å². The van der Waals surface area contributed by atoms with Crippen molar-refractivity contribution in [3.05, 3.63) is 78.6 Å². The molecule has 25 heavy (non-hydrogen) atoms. The number of alkyl halides is 3. The van der Waals surface area contributed by atoms with E-state index in [2.05, 4.69) is 10.6 Å². The van der Waals surface area contributed by atoms with Gasteiger partial charge in [0.15, 0.2) is 0 Å². The number of nitrogens with zero attached hydrogens (tertiary/aromatic N) is 1. The van der Waals surface area contributed by atoms with E-state index in [0.717, 1.165) is 17.8 Å². The molecule has 0 aliphatic carbocycles. The zero-order valence-electron chi connectivity index (χ0n) is 12.9. The first-order chi connectivity index (χ1) is 11.9. The van der Waals surface area contributed by atoms with Crippen LogP contribution in [0.1, 0.15) is 5.56 Å². The van der Waals surface area contributed by atoms with Crippen LogP contribution in [0.15, 0.2) is 73.1 Å². The molecule has 0 atom stereocenters. The fourth-order valence-corrected chi connectivity index (χ4v) is 2.26. The molecule has 0 radical (unpaired) electrons. The van der Waals surface area contributed by atoms with Gasteiger partial charge in [-0.25, -0.2) is 4.79 Å². The van der Waals surface area contributed by atoms with Crippen LogP contribution in [0, 0.1) is 0 Å². The number of carbonyl (C=O) groups is 1. The Bertz CT molecular complexity index is 839. The fraction of sp³-hybridized carbons (Fsp3) is 0.0556. The van der Waals surface area contributed by atoms with Crippen molar-refractivity contribution in [3.8, 4) is 5.69 Å². The second kappa shape index (κ2) is 6.72. The Hall–Kier alpha value is -3.22. The maximum Gasteiger partial charge on any atom is 0.416 e. The minimum absolute atomic E-state index is 0.273. The van der Waals surface area contributed by atoms with E-state index >= 15 is 0 Å². The van der Waals surface area contributed by atoms with Gasteiger partial charge in [-0.1, -0.05) is 0 Å². The number of hydrogen-bond acceptors (Lipinski definition) is 1. The number of rotatable bonds is 3. The second-order valence-electron chi connectivity index (χ2n) is 5.29. The van der Waals surface area contributed by atoms with Crippen LogP contribution in [0.25, 0.3) is 5.69 Å². The normalized spacial score (nSPS) is 11.2. The molecule has 0 saturated heterocycles. The van der Waals surface area contributed by atoms with Crippen molar-refractivity contribution >= 4 is 17.4 Å². The monoisotopic (exact) mass is 345 g/mol. The third kappa shape index (κ3) is 4.20. The van der Waals surface area contributed by atoms with Crippen molar-refractivity contribution in [2.45, 2.75) is 6.18 Å². The lowest BCUT2D eigenvalue weighted by molar-refractivity contribution is -0.137. The van der Waals surface area contributed by atoms with Gasteiger partial charge in [0.25, 0.3) is 0 Å². The summed E-state index contributed by atoms with van der Waals surface area (Å²) < 4.78 is 39.4. The first-order valence-electron chi connectivity index (χ1n) is 7.40. The molecule has 2 N–H and O–H groups in total. The molecule has 0 aliphatic rings. The van der Waals surface area contributed by atoms with Gasteiger partial charge >= 0.3 is 12.2 Å². The third-order valence-electron chi connectivity index (χ3n) is 3.50. The summed E-state index contributed by atoms with van der Waals surface area (Å²) in [4.78, 5) is 11.9. The number of benzene rings is 2. The molecule has 0 saturated carbocycles. The standard InChI is InChI=1S/C18H14F3N3O/c19-18(20,21)13-3-5-14(6-4-13)22-17(25)23-15-7-9-16(10-8-15)24-11-1-2-12-24/h1-12H,(H2,22,23,25). The van der Waals surface area contributed by atoms with Gasteiger partial charge in [0.2, 0.25) is 0 Å². The Kier molecular flexibility index (Phi) is 4.47. The number of urea groups is 1. The van der Waals surface area contributed by atoms with Crippen LogP contribution in [0.5, 0.6) is 0 Å². The number of aromatic nitrogens is 1. The summed E-state index contributed by atoms with van der Waals surface area (Å²) in [7, 11) is 0. The summed E-state index contributed by atoms with van der Waals surface area (Å²) >= 11 is 0. The van der Waals surface area contributed by atoms with E-state index in [-0.39, 0.29) is 5.69 Å². The molecule has 4 nitrogen and oxygen atoms in total. The van der Waals surface area contributed by atoms with Gasteiger partial charge in [-0.3, -0.25) is 0 Å². The van der Waals surface area contributed by atoms with Crippen LogP contribution in [0.2, 0.25) is 0 Å². The number of halogens is 3. The summed E-state index contributed by atoms with van der Waals surface area (Å²) in [5.41, 5.74) is 1.02. The van der Waals surface area contributed by atoms with Crippen molar-refractivity contribution in [1.29, 1.82) is 0 Å². The summed E-state index contributed by atoms with van der Waals surface area (Å²) in [6.45, 7) is 0. The topological polar surface area (TPSA) is 46.1 Å². The molecular formula is C18H14F3N3O. The Morgan fingerprint density at radius 1 is 0.800 bits per heavy atom. The first kappa shape index (κ1) is 16.6. The van der Waals surface area contributed by atoms with Gasteiger partial charge in [-0.05, 0) is 60.7 Å². The van der Waals surface area contributed by atoms with Crippen molar-refractivity contribution in [2.75, 3.05) is 10.6 Å². The number of anilines is 2. The van der Waals surface area contributed by atoms with Crippen molar-refractivity contribution in [1.82, 2.24) is 4.57 Å². The zero-order valence-corrected chi connectivity index (χ0v) is 12.9. The molecule has 0 spiro atoms. The third-order valence-corrected chi connectivity index (χ3v) is 3.50. The first-order valence-corrected chi connectivity index (χ1v) is 7.40. The molecule has 0 fully saturated rings. The van der Waals surface area contributed by atoms with Gasteiger partial charge in [0, 0.05) is 29.5 Å². The van der Waals surface area contributed by atoms with E-state index in [1.54, 1.807) is 12.1 Å². The molecule has 1 heterocycles. The van der Waals surface area contributed by atoms with E-state index in [1.165, 1.54) is 12.1 Å². The molecule has 3 rings (SSSR count). The summed E-state index contributed by atoms with van der Waals surface area (Å²) in [5, 5.41) is 5.11. The van der Waals surface area contributed by atoms with Gasteiger partial charge in [0.1, 0.15) is 0 Å². The summed E-state index contributed by atoms with van der Waals surface area (Å²) in [5.74, 6) is 0. The SMILES string of the molecule is O=C(Nc1ccc(-n2cccc2)cc1)Nc1ccc(C(F)(F)F)cc1. The predicted octanol–water partition coefficient (Wildman–Crippen LogP) is 5.14. The lowest BCUT2D eigenvalue weighted by Crippen LogP contribution is -2.19. The molecule has 128 valence electrons. The van der Waals surface area contributed by atoms with Crippen LogP contribution in [-0.2, 0) is 6.18 Å². The average molecular weight is 345 g/mol. The highest BCUT2D eigenvalue weighted by molar-refractivity contribution is 5.99. The highest BCUT2D eigenvalue weighted by Crippen LogP contribution is 2.29. The Morgan fingerprint density at radius 3 is 1.76 bits per heavy atom. The van der Waals surface area contributed by atoms with Crippen molar-refractivity contribution < 1.29 is 18.0 Å². The second-order valence-corrected chi connectivity index (χ2v) is 5.29. The minimum atomic E-state index is -4.40. The van der Waals surface area contributed by atoms with Gasteiger partial charge in [-0.2, -0.15) is 13.2 Å². The lowest BCUT2D eigenvalue weighted by Gasteiger charge is -2.10. The van der Waals surface area contributed by atoms with E-state index in [0.29, 0.717) is 5.69 Å². The summed E-state index contributed by atoms with van der Waals surface area (Å²) in [6.07, 6.45) is -0.595. The van der Waals surface area contributed by atoms with Crippen LogP contribution < -0.4 is 10.6 Å².